The molecule has 0 aromatic heterocycles. The topological polar surface area (TPSA) is 26.3 Å². The molecule has 104 valence electrons. The highest BCUT2D eigenvalue weighted by atomic mass is 16.5. The Morgan fingerprint density at radius 2 is 1.85 bits per heavy atom. The van der Waals surface area contributed by atoms with E-state index in [-0.39, 0.29) is 5.78 Å². The lowest BCUT2D eigenvalue weighted by Crippen LogP contribution is -2.15. The molecule has 2 aromatic carbocycles. The molecular weight excluding hydrogens is 248 g/mol. The molecule has 2 heteroatoms. The van der Waals surface area contributed by atoms with Gasteiger partial charge in [-0.1, -0.05) is 61.9 Å². The Bertz CT molecular complexity index is 561. The van der Waals surface area contributed by atoms with Crippen molar-refractivity contribution in [3.05, 3.63) is 71.3 Å². The van der Waals surface area contributed by atoms with Crippen LogP contribution < -0.4 is 0 Å². The van der Waals surface area contributed by atoms with Crippen LogP contribution in [0.4, 0.5) is 0 Å². The summed E-state index contributed by atoms with van der Waals surface area (Å²) in [5.74, 6) is 0.0108. The summed E-state index contributed by atoms with van der Waals surface area (Å²) in [7, 11) is 1.57. The summed E-state index contributed by atoms with van der Waals surface area (Å²) >= 11 is 0. The number of hydrogen-bond acceptors (Lipinski definition) is 2. The minimum Gasteiger partial charge on any atom is -0.369 e. The van der Waals surface area contributed by atoms with E-state index in [9.17, 15) is 4.79 Å². The minimum atomic E-state index is -0.534. The van der Waals surface area contributed by atoms with Crippen molar-refractivity contribution < 1.29 is 9.53 Å². The second kappa shape index (κ2) is 7.01. The molecule has 0 fully saturated rings. The Balaban J connectivity index is 2.27. The highest BCUT2D eigenvalue weighted by Crippen LogP contribution is 2.22. The first kappa shape index (κ1) is 14.5. The lowest BCUT2D eigenvalue weighted by molar-refractivity contribution is 0.0604. The quantitative estimate of drug-likeness (QED) is 0.734. The fourth-order valence-corrected chi connectivity index (χ4v) is 2.34. The number of benzene rings is 2. The zero-order valence-corrected chi connectivity index (χ0v) is 12.0. The van der Waals surface area contributed by atoms with Gasteiger partial charge in [0.1, 0.15) is 6.10 Å². The van der Waals surface area contributed by atoms with E-state index in [2.05, 4.69) is 13.0 Å². The van der Waals surface area contributed by atoms with Gasteiger partial charge < -0.3 is 4.74 Å². The highest BCUT2D eigenvalue weighted by molar-refractivity contribution is 6.00. The number of methoxy groups -OCH3 is 1. The predicted molar refractivity (Wildman–Crippen MR) is 81.0 cm³/mol. The van der Waals surface area contributed by atoms with Gasteiger partial charge in [0.25, 0.3) is 0 Å². The van der Waals surface area contributed by atoms with E-state index >= 15 is 0 Å². The minimum absolute atomic E-state index is 0.0108. The zero-order valence-electron chi connectivity index (χ0n) is 12.0. The maximum Gasteiger partial charge on any atom is 0.196 e. The van der Waals surface area contributed by atoms with Crippen molar-refractivity contribution in [2.24, 2.45) is 0 Å². The van der Waals surface area contributed by atoms with Gasteiger partial charge in [0.2, 0.25) is 0 Å². The van der Waals surface area contributed by atoms with Crippen LogP contribution in [0.1, 0.15) is 40.9 Å². The fourth-order valence-electron chi connectivity index (χ4n) is 2.34. The molecule has 0 amide bonds. The monoisotopic (exact) mass is 268 g/mol. The first-order valence-electron chi connectivity index (χ1n) is 6.97. The van der Waals surface area contributed by atoms with E-state index in [1.807, 2.05) is 48.5 Å². The van der Waals surface area contributed by atoms with E-state index in [1.165, 1.54) is 5.56 Å². The van der Waals surface area contributed by atoms with Gasteiger partial charge in [-0.2, -0.15) is 0 Å². The van der Waals surface area contributed by atoms with Crippen LogP contribution in [0.25, 0.3) is 0 Å². The van der Waals surface area contributed by atoms with E-state index in [4.69, 9.17) is 4.74 Å². The Kier molecular flexibility index (Phi) is 5.08. The summed E-state index contributed by atoms with van der Waals surface area (Å²) in [6, 6.07) is 17.4. The van der Waals surface area contributed by atoms with E-state index < -0.39 is 6.10 Å². The lowest BCUT2D eigenvalue weighted by Gasteiger charge is -2.15. The average Bonchev–Trinajstić information content (AvgIpc) is 2.50. The Labute approximate surface area is 120 Å². The van der Waals surface area contributed by atoms with Crippen molar-refractivity contribution in [3.8, 4) is 0 Å². The number of carbonyl (C=O) groups excluding carboxylic acids is 1. The third-order valence-electron chi connectivity index (χ3n) is 3.33. The van der Waals surface area contributed by atoms with Crippen LogP contribution in [0.3, 0.4) is 0 Å². The summed E-state index contributed by atoms with van der Waals surface area (Å²) in [5.41, 5.74) is 2.80. The van der Waals surface area contributed by atoms with E-state index in [0.717, 1.165) is 18.4 Å². The first-order valence-corrected chi connectivity index (χ1v) is 6.97. The van der Waals surface area contributed by atoms with Crippen LogP contribution in [0, 0.1) is 0 Å². The predicted octanol–water partition coefficient (Wildman–Crippen LogP) is 4.21. The number of Topliss-reactive ketones (excluding diaryl/α,β-unsaturated/α-hetero) is 1. The van der Waals surface area contributed by atoms with Crippen LogP contribution in [-0.2, 0) is 11.2 Å². The molecule has 0 aliphatic rings. The Hall–Kier alpha value is -1.93. The van der Waals surface area contributed by atoms with Crippen LogP contribution in [0.15, 0.2) is 54.6 Å². The van der Waals surface area contributed by atoms with Crippen LogP contribution in [-0.4, -0.2) is 12.9 Å². The average molecular weight is 268 g/mol. The molecule has 20 heavy (non-hydrogen) atoms. The summed E-state index contributed by atoms with van der Waals surface area (Å²) in [5, 5.41) is 0. The van der Waals surface area contributed by atoms with Crippen molar-refractivity contribution in [3.63, 3.8) is 0 Å². The number of ether oxygens (including phenoxy) is 1. The van der Waals surface area contributed by atoms with Crippen molar-refractivity contribution in [1.82, 2.24) is 0 Å². The number of rotatable bonds is 6. The third-order valence-corrected chi connectivity index (χ3v) is 3.33. The largest absolute Gasteiger partial charge is 0.369 e. The smallest absolute Gasteiger partial charge is 0.196 e. The van der Waals surface area contributed by atoms with Crippen LogP contribution >= 0.6 is 0 Å². The van der Waals surface area contributed by atoms with Crippen molar-refractivity contribution in [2.45, 2.75) is 25.9 Å². The Morgan fingerprint density at radius 1 is 1.10 bits per heavy atom. The molecule has 0 N–H and O–H groups in total. The standard InChI is InChI=1S/C18H20O2/c1-3-8-14-9-7-12-16(13-14)17(19)18(20-2)15-10-5-4-6-11-15/h4-7,9-13,18H,3,8H2,1-2H3. The zero-order chi connectivity index (χ0) is 14.4. The molecule has 0 aliphatic heterocycles. The molecule has 1 atom stereocenters. The molecule has 0 radical (unpaired) electrons. The van der Waals surface area contributed by atoms with Crippen molar-refractivity contribution in [2.75, 3.05) is 7.11 Å². The first-order chi connectivity index (χ1) is 9.76. The molecule has 0 saturated carbocycles. The summed E-state index contributed by atoms with van der Waals surface area (Å²) in [4.78, 5) is 12.6. The van der Waals surface area contributed by atoms with E-state index in [1.54, 1.807) is 7.11 Å². The SMILES string of the molecule is CCCc1cccc(C(=O)C(OC)c2ccccc2)c1. The molecule has 2 aromatic rings. The van der Waals surface area contributed by atoms with Gasteiger partial charge in [0, 0.05) is 12.7 Å². The van der Waals surface area contributed by atoms with Crippen molar-refractivity contribution >= 4 is 5.78 Å². The number of carbonyl (C=O) groups is 1. The number of aryl methyl sites for hydroxylation is 1. The fraction of sp³-hybridized carbons (Fsp3) is 0.278. The molecule has 2 nitrogen and oxygen atoms in total. The summed E-state index contributed by atoms with van der Waals surface area (Å²) < 4.78 is 5.40. The lowest BCUT2D eigenvalue weighted by atomic mass is 9.97. The molecule has 1 unspecified atom stereocenters. The van der Waals surface area contributed by atoms with E-state index in [0.29, 0.717) is 5.56 Å². The molecule has 0 saturated heterocycles. The number of hydrogen-bond donors (Lipinski definition) is 0. The summed E-state index contributed by atoms with van der Waals surface area (Å²) in [6.45, 7) is 2.14. The molecule has 0 spiro atoms. The third kappa shape index (κ3) is 3.34. The maximum absolute atomic E-state index is 12.6. The molecular formula is C18H20O2. The van der Waals surface area contributed by atoms with Crippen LogP contribution in [0.2, 0.25) is 0 Å². The van der Waals surface area contributed by atoms with Gasteiger partial charge in [-0.15, -0.1) is 0 Å². The van der Waals surface area contributed by atoms with Gasteiger partial charge >= 0.3 is 0 Å². The molecule has 0 heterocycles. The van der Waals surface area contributed by atoms with Gasteiger partial charge in [-0.3, -0.25) is 4.79 Å². The normalized spacial score (nSPS) is 12.1. The second-order valence-electron chi connectivity index (χ2n) is 4.84. The van der Waals surface area contributed by atoms with Gasteiger partial charge in [0.05, 0.1) is 0 Å². The number of ketones is 1. The maximum atomic E-state index is 12.6. The second-order valence-corrected chi connectivity index (χ2v) is 4.84. The van der Waals surface area contributed by atoms with Gasteiger partial charge in [-0.25, -0.2) is 0 Å². The molecule has 0 bridgehead atoms. The highest BCUT2D eigenvalue weighted by Gasteiger charge is 2.21. The van der Waals surface area contributed by atoms with Gasteiger partial charge in [0.15, 0.2) is 5.78 Å². The summed E-state index contributed by atoms with van der Waals surface area (Å²) in [6.07, 6.45) is 1.53. The van der Waals surface area contributed by atoms with Gasteiger partial charge in [-0.05, 0) is 23.6 Å². The molecule has 2 rings (SSSR count). The van der Waals surface area contributed by atoms with Crippen molar-refractivity contribution in [1.29, 1.82) is 0 Å². The van der Waals surface area contributed by atoms with Crippen LogP contribution in [0.5, 0.6) is 0 Å². The Morgan fingerprint density at radius 3 is 2.50 bits per heavy atom. The molecule has 0 aliphatic carbocycles.